The molecule has 302 valence electrons. The Balaban J connectivity index is 0.837. The van der Waals surface area contributed by atoms with Crippen LogP contribution in [0.3, 0.4) is 0 Å². The molecular formula is C40H58O14. The summed E-state index contributed by atoms with van der Waals surface area (Å²) in [5.74, 6) is 0.854. The molecule has 7 fully saturated rings. The van der Waals surface area contributed by atoms with E-state index in [0.29, 0.717) is 18.4 Å². The van der Waals surface area contributed by atoms with Crippen molar-refractivity contribution < 1.29 is 68.2 Å². The van der Waals surface area contributed by atoms with Crippen molar-refractivity contribution in [3.8, 4) is 0 Å². The second kappa shape index (κ2) is 13.8. The minimum Gasteiger partial charge on any atom is -0.458 e. The van der Waals surface area contributed by atoms with Gasteiger partial charge in [0.15, 0.2) is 25.2 Å². The van der Waals surface area contributed by atoms with E-state index >= 15 is 0 Å². The van der Waals surface area contributed by atoms with E-state index in [1.807, 2.05) is 0 Å². The number of epoxide rings is 1. The summed E-state index contributed by atoms with van der Waals surface area (Å²) in [6.45, 7) is 8.41. The maximum absolute atomic E-state index is 12.6. The van der Waals surface area contributed by atoms with Crippen LogP contribution < -0.4 is 0 Å². The van der Waals surface area contributed by atoms with E-state index in [0.717, 1.165) is 63.4 Å². The van der Waals surface area contributed by atoms with E-state index in [9.17, 15) is 30.3 Å². The van der Waals surface area contributed by atoms with Gasteiger partial charge in [-0.05, 0) is 112 Å². The van der Waals surface area contributed by atoms with Gasteiger partial charge in [-0.15, -0.1) is 0 Å². The van der Waals surface area contributed by atoms with Crippen molar-refractivity contribution in [3.05, 3.63) is 23.8 Å². The molecule has 0 aromatic carbocycles. The highest BCUT2D eigenvalue weighted by Crippen LogP contribution is 2.70. The molecule has 0 amide bonds. The van der Waals surface area contributed by atoms with E-state index in [1.54, 1.807) is 32.1 Å². The van der Waals surface area contributed by atoms with Crippen LogP contribution in [-0.4, -0.2) is 130 Å². The lowest BCUT2D eigenvalue weighted by Crippen LogP contribution is -2.63. The van der Waals surface area contributed by atoms with Crippen LogP contribution >= 0.6 is 0 Å². The topological polar surface area (TPSA) is 195 Å². The Bertz CT molecular complexity index is 1510. The van der Waals surface area contributed by atoms with Gasteiger partial charge in [-0.2, -0.15) is 0 Å². The number of rotatable bonds is 7. The molecule has 5 aliphatic heterocycles. The van der Waals surface area contributed by atoms with Gasteiger partial charge < -0.3 is 63.4 Å². The molecule has 54 heavy (non-hydrogen) atoms. The molecule has 9 aliphatic rings. The Hall–Kier alpha value is -1.53. The van der Waals surface area contributed by atoms with Crippen molar-refractivity contribution in [2.45, 2.75) is 177 Å². The summed E-state index contributed by atoms with van der Waals surface area (Å²) < 4.78 is 47.1. The van der Waals surface area contributed by atoms with Crippen LogP contribution in [0.1, 0.15) is 85.5 Å². The predicted molar refractivity (Wildman–Crippen MR) is 186 cm³/mol. The molecule has 0 aromatic heterocycles. The lowest BCUT2D eigenvalue weighted by atomic mass is 9.43. The number of carbonyl (C=O) groups excluding carboxylic acids is 1. The van der Waals surface area contributed by atoms with Gasteiger partial charge in [0.2, 0.25) is 0 Å². The molecule has 10 unspecified atom stereocenters. The molecule has 4 aliphatic carbocycles. The highest BCUT2D eigenvalue weighted by Gasteiger charge is 2.68. The quantitative estimate of drug-likeness (QED) is 0.109. The smallest absolute Gasteiger partial charge is 0.331 e. The van der Waals surface area contributed by atoms with Gasteiger partial charge in [0.1, 0.15) is 43.2 Å². The number of aliphatic hydroxyl groups is 5. The van der Waals surface area contributed by atoms with Gasteiger partial charge >= 0.3 is 5.97 Å². The number of hydrogen-bond acceptors (Lipinski definition) is 14. The Morgan fingerprint density at radius 3 is 2.30 bits per heavy atom. The molecule has 14 nitrogen and oxygen atoms in total. The summed E-state index contributed by atoms with van der Waals surface area (Å²) in [5, 5.41) is 56.5. The van der Waals surface area contributed by atoms with Crippen molar-refractivity contribution in [1.82, 2.24) is 0 Å². The second-order valence-electron chi connectivity index (χ2n) is 18.3. The number of esters is 1. The summed E-state index contributed by atoms with van der Waals surface area (Å²) in [6.07, 6.45) is 0.198. The standard InChI is InChI=1S/C40H58O14/c1-18-26(41)7-8-28(48-18)51-33-31(45)36(54-37-34(33)53-37)52-32-29(43)19(2)49-35(30(32)44)50-22-9-12-38(3)21(16-22)5-6-25-24(38)10-13-39(4)23(11-14-40(25,39)46)20-15-27(42)47-17-20/h7-8,15,18-19,21-26,28-37,41,43-46H,5-6,9-14,16-17H2,1-4H3/t18?,19?,21-,22-,23+,24?,25+,26+,28-,29?,30-,31-,32-,33+,34?,35?,36?,37?,38?,39?,40-/m0/s1. The van der Waals surface area contributed by atoms with Crippen molar-refractivity contribution >= 4 is 5.97 Å². The Morgan fingerprint density at radius 1 is 0.759 bits per heavy atom. The van der Waals surface area contributed by atoms with Crippen LogP contribution in [0, 0.1) is 34.5 Å². The van der Waals surface area contributed by atoms with Crippen LogP contribution in [0.4, 0.5) is 0 Å². The highest BCUT2D eigenvalue weighted by atomic mass is 16.8. The number of cyclic esters (lactones) is 1. The summed E-state index contributed by atoms with van der Waals surface area (Å²) in [7, 11) is 0. The molecule has 21 atom stereocenters. The molecule has 0 radical (unpaired) electrons. The van der Waals surface area contributed by atoms with Crippen molar-refractivity contribution in [3.63, 3.8) is 0 Å². The highest BCUT2D eigenvalue weighted by molar-refractivity contribution is 5.85. The molecule has 5 N–H and O–H groups in total. The van der Waals surface area contributed by atoms with Crippen molar-refractivity contribution in [2.24, 2.45) is 34.5 Å². The van der Waals surface area contributed by atoms with Gasteiger partial charge in [-0.3, -0.25) is 0 Å². The van der Waals surface area contributed by atoms with Crippen LogP contribution in [0.5, 0.6) is 0 Å². The van der Waals surface area contributed by atoms with Gasteiger partial charge in [-0.1, -0.05) is 19.9 Å². The van der Waals surface area contributed by atoms with Gasteiger partial charge in [-0.25, -0.2) is 4.79 Å². The Labute approximate surface area is 316 Å². The molecule has 0 spiro atoms. The zero-order valence-electron chi connectivity index (χ0n) is 31.6. The fourth-order valence-corrected chi connectivity index (χ4v) is 12.3. The average Bonchev–Trinajstić information content (AvgIpc) is 3.69. The van der Waals surface area contributed by atoms with E-state index in [2.05, 4.69) is 13.8 Å². The third-order valence-electron chi connectivity index (χ3n) is 15.6. The molecule has 5 heterocycles. The predicted octanol–water partition coefficient (Wildman–Crippen LogP) is 1.97. The Morgan fingerprint density at radius 2 is 1.54 bits per heavy atom. The average molecular weight is 763 g/mol. The maximum atomic E-state index is 12.6. The second-order valence-corrected chi connectivity index (χ2v) is 18.3. The van der Waals surface area contributed by atoms with Gasteiger partial charge in [0.05, 0.1) is 30.0 Å². The molecule has 4 saturated carbocycles. The monoisotopic (exact) mass is 762 g/mol. The van der Waals surface area contributed by atoms with E-state index < -0.39 is 85.7 Å². The molecule has 14 heteroatoms. The van der Waals surface area contributed by atoms with Gasteiger partial charge in [0, 0.05) is 11.5 Å². The SMILES string of the molecule is CC1OC(O[C@H]2CCC3(C)C4CCC5(C)[C@@H](C6=CC(=O)OC6)CC[C@]5(O)[C@@H]4CC[C@H]3C2)[C@@H](O)[C@@H](OC2OC3OC3[C@H](O[C@H]3C=C[C@@H](O)C(C)O3)[C@@H]2O)C1O. The maximum Gasteiger partial charge on any atom is 0.331 e. The molecule has 3 saturated heterocycles. The summed E-state index contributed by atoms with van der Waals surface area (Å²) in [5.41, 5.74) is 0.0200. The minimum atomic E-state index is -1.38. The number of hydrogen-bond donors (Lipinski definition) is 5. The van der Waals surface area contributed by atoms with E-state index in [1.165, 1.54) is 0 Å². The number of ether oxygens (including phenoxy) is 8. The largest absolute Gasteiger partial charge is 0.458 e. The summed E-state index contributed by atoms with van der Waals surface area (Å²) in [4.78, 5) is 11.9. The zero-order chi connectivity index (χ0) is 37.9. The number of carbonyl (C=O) groups is 1. The van der Waals surface area contributed by atoms with Crippen LogP contribution in [-0.2, 0) is 42.7 Å². The Kier molecular flexibility index (Phi) is 9.71. The minimum absolute atomic E-state index is 0.0386. The normalized spacial score (nSPS) is 56.6. The lowest BCUT2D eigenvalue weighted by molar-refractivity contribution is -0.351. The first-order valence-electron chi connectivity index (χ1n) is 20.3. The van der Waals surface area contributed by atoms with E-state index in [4.69, 9.17) is 37.9 Å². The van der Waals surface area contributed by atoms with Crippen LogP contribution in [0.15, 0.2) is 23.8 Å². The van der Waals surface area contributed by atoms with Gasteiger partial charge in [0.25, 0.3) is 0 Å². The first kappa shape index (κ1) is 38.0. The fraction of sp³-hybridized carbons (Fsp3) is 0.875. The first-order chi connectivity index (χ1) is 25.7. The molecule has 0 bridgehead atoms. The third kappa shape index (κ3) is 6.09. The van der Waals surface area contributed by atoms with Crippen LogP contribution in [0.2, 0.25) is 0 Å². The zero-order valence-corrected chi connectivity index (χ0v) is 31.6. The summed E-state index contributed by atoms with van der Waals surface area (Å²) >= 11 is 0. The fourth-order valence-electron chi connectivity index (χ4n) is 12.3. The first-order valence-corrected chi connectivity index (χ1v) is 20.3. The molecular weight excluding hydrogens is 704 g/mol. The molecule has 0 aromatic rings. The van der Waals surface area contributed by atoms with Crippen molar-refractivity contribution in [1.29, 1.82) is 0 Å². The number of fused-ring (bicyclic) bond motifs is 6. The molecule has 9 rings (SSSR count). The van der Waals surface area contributed by atoms with Crippen LogP contribution in [0.25, 0.3) is 0 Å². The van der Waals surface area contributed by atoms with E-state index in [-0.39, 0.29) is 34.7 Å². The summed E-state index contributed by atoms with van der Waals surface area (Å²) in [6, 6.07) is 0. The third-order valence-corrected chi connectivity index (χ3v) is 15.6. The number of aliphatic hydroxyl groups excluding tert-OH is 4. The van der Waals surface area contributed by atoms with Crippen molar-refractivity contribution in [2.75, 3.05) is 6.61 Å². The lowest BCUT2D eigenvalue weighted by Gasteiger charge is -2.64.